The van der Waals surface area contributed by atoms with E-state index in [-0.39, 0.29) is 51.4 Å². The maximum atomic E-state index is 13.9. The van der Waals surface area contributed by atoms with E-state index >= 15 is 0 Å². The van der Waals surface area contributed by atoms with Gasteiger partial charge < -0.3 is 15.2 Å². The molecule has 4 aliphatic rings. The van der Waals surface area contributed by atoms with Crippen LogP contribution in [0.5, 0.6) is 5.75 Å². The normalized spacial score (nSPS) is 26.6. The summed E-state index contributed by atoms with van der Waals surface area (Å²) >= 11 is 3.19. The number of fused-ring (bicyclic) bond motifs is 3. The fourth-order valence-electron chi connectivity index (χ4n) is 6.37. The molecule has 1 aliphatic heterocycles. The van der Waals surface area contributed by atoms with Crippen molar-refractivity contribution in [1.29, 1.82) is 0 Å². The van der Waals surface area contributed by atoms with Crippen LogP contribution in [-0.4, -0.2) is 45.7 Å². The molecule has 3 N–H and O–H groups in total. The number of anilines is 1. The summed E-state index contributed by atoms with van der Waals surface area (Å²) in [6.45, 7) is 0. The summed E-state index contributed by atoms with van der Waals surface area (Å²) in [7, 11) is -1.76. The largest absolute Gasteiger partial charge is 0.508 e. The molecule has 0 unspecified atom stereocenters. The van der Waals surface area contributed by atoms with Gasteiger partial charge in [0.05, 0.1) is 22.0 Å². The Balaban J connectivity index is 1.48. The van der Waals surface area contributed by atoms with Crippen LogP contribution in [0, 0.1) is 17.8 Å². The lowest BCUT2D eigenvalue weighted by Crippen LogP contribution is -2.39. The smallest absolute Gasteiger partial charge is 0.488 e. The van der Waals surface area contributed by atoms with Crippen molar-refractivity contribution < 1.29 is 34.3 Å². The van der Waals surface area contributed by atoms with Gasteiger partial charge in [0.15, 0.2) is 11.6 Å². The first kappa shape index (κ1) is 24.7. The molecule has 8 nitrogen and oxygen atoms in total. The lowest BCUT2D eigenvalue weighted by atomic mass is 9.59. The number of rotatable bonds is 3. The topological polar surface area (TPSA) is 132 Å². The van der Waals surface area contributed by atoms with Gasteiger partial charge in [0.25, 0.3) is 0 Å². The molecule has 6 rings (SSSR count). The number of carbonyl (C=O) groups excluding carboxylic acids is 4. The van der Waals surface area contributed by atoms with Crippen LogP contribution in [0.3, 0.4) is 0 Å². The molecule has 1 saturated heterocycles. The summed E-state index contributed by atoms with van der Waals surface area (Å²) in [6.07, 6.45) is 3.49. The SMILES string of the molecule is O=C1C=C(Br)C(=O)C2=C1[C@@H](c1ccccc1O)C1=CC[C@@H]3C(=O)N(c4cccc(B(O)O)c4)C(=O)[C@@H]3[C@@H]1C2. The number of Topliss-reactive ketones (excluding diaryl/α,β-unsaturated/α-hetero) is 1. The summed E-state index contributed by atoms with van der Waals surface area (Å²) in [5.41, 5.74) is 2.15. The highest BCUT2D eigenvalue weighted by molar-refractivity contribution is 9.12. The Labute approximate surface area is 226 Å². The average molecular weight is 574 g/mol. The van der Waals surface area contributed by atoms with E-state index in [0.717, 1.165) is 10.5 Å². The zero-order valence-electron chi connectivity index (χ0n) is 19.9. The Morgan fingerprint density at radius 3 is 2.45 bits per heavy atom. The predicted molar refractivity (Wildman–Crippen MR) is 141 cm³/mol. The molecule has 0 saturated carbocycles. The number of allylic oxidation sites excluding steroid dienone is 6. The second-order valence-electron chi connectivity index (χ2n) is 9.93. The van der Waals surface area contributed by atoms with Gasteiger partial charge >= 0.3 is 7.12 Å². The van der Waals surface area contributed by atoms with E-state index in [4.69, 9.17) is 0 Å². The Bertz CT molecular complexity index is 1540. The zero-order valence-corrected chi connectivity index (χ0v) is 21.5. The molecule has 3 aliphatic carbocycles. The van der Waals surface area contributed by atoms with Gasteiger partial charge in [0, 0.05) is 28.7 Å². The van der Waals surface area contributed by atoms with Crippen molar-refractivity contribution in [2.75, 3.05) is 4.90 Å². The number of para-hydroxylation sites is 1. The van der Waals surface area contributed by atoms with Crippen molar-refractivity contribution in [3.8, 4) is 5.75 Å². The summed E-state index contributed by atoms with van der Waals surface area (Å²) in [5.74, 6) is -4.27. The molecule has 2 aromatic carbocycles. The van der Waals surface area contributed by atoms with Crippen LogP contribution >= 0.6 is 15.9 Å². The second-order valence-corrected chi connectivity index (χ2v) is 10.8. The van der Waals surface area contributed by atoms with Crippen molar-refractivity contribution in [2.45, 2.75) is 18.8 Å². The lowest BCUT2D eigenvalue weighted by Gasteiger charge is -2.42. The molecular weight excluding hydrogens is 553 g/mol. The summed E-state index contributed by atoms with van der Waals surface area (Å²) < 4.78 is 0.131. The lowest BCUT2D eigenvalue weighted by molar-refractivity contribution is -0.123. The van der Waals surface area contributed by atoms with Gasteiger partial charge in [-0.3, -0.25) is 24.1 Å². The molecule has 190 valence electrons. The third kappa shape index (κ3) is 3.59. The third-order valence-corrected chi connectivity index (χ3v) is 8.59. The molecule has 2 aromatic rings. The van der Waals surface area contributed by atoms with E-state index in [9.17, 15) is 34.3 Å². The number of hydrogen-bond donors (Lipinski definition) is 3. The number of nitrogens with zero attached hydrogens (tertiary/aromatic N) is 1. The van der Waals surface area contributed by atoms with E-state index in [1.807, 2.05) is 6.08 Å². The highest BCUT2D eigenvalue weighted by Crippen LogP contribution is 2.56. The second kappa shape index (κ2) is 9.01. The molecule has 0 bridgehead atoms. The van der Waals surface area contributed by atoms with Crippen molar-refractivity contribution in [3.63, 3.8) is 0 Å². The molecule has 0 spiro atoms. The number of aromatic hydroxyl groups is 1. The molecule has 0 aromatic heterocycles. The molecular formula is C28H21BBrNO7. The number of halogens is 1. The van der Waals surface area contributed by atoms with Crippen LogP contribution in [0.2, 0.25) is 0 Å². The van der Waals surface area contributed by atoms with Gasteiger partial charge in [-0.1, -0.05) is 42.0 Å². The van der Waals surface area contributed by atoms with Crippen molar-refractivity contribution in [1.82, 2.24) is 0 Å². The fraction of sp³-hybridized carbons (Fsp3) is 0.214. The molecule has 1 fully saturated rings. The first-order valence-electron chi connectivity index (χ1n) is 12.2. The van der Waals surface area contributed by atoms with Crippen molar-refractivity contribution in [2.24, 2.45) is 17.8 Å². The number of phenols is 1. The van der Waals surface area contributed by atoms with Crippen molar-refractivity contribution >= 4 is 57.6 Å². The van der Waals surface area contributed by atoms with Gasteiger partial charge in [-0.15, -0.1) is 0 Å². The van der Waals surface area contributed by atoms with Gasteiger partial charge in [-0.25, -0.2) is 0 Å². The minimum absolute atomic E-state index is 0.0308. The van der Waals surface area contributed by atoms with Crippen LogP contribution in [0.1, 0.15) is 24.3 Å². The van der Waals surface area contributed by atoms with Crippen LogP contribution < -0.4 is 10.4 Å². The van der Waals surface area contributed by atoms with E-state index < -0.39 is 42.6 Å². The quantitative estimate of drug-likeness (QED) is 0.221. The van der Waals surface area contributed by atoms with Crippen LogP contribution in [-0.2, 0) is 19.2 Å². The maximum absolute atomic E-state index is 13.9. The van der Waals surface area contributed by atoms with Gasteiger partial charge in [0.2, 0.25) is 11.8 Å². The first-order chi connectivity index (χ1) is 18.2. The fourth-order valence-corrected chi connectivity index (χ4v) is 6.82. The number of carbonyl (C=O) groups is 4. The number of benzene rings is 2. The van der Waals surface area contributed by atoms with Crippen LogP contribution in [0.15, 0.2) is 81.9 Å². The average Bonchev–Trinajstić information content (AvgIpc) is 3.16. The number of amides is 2. The van der Waals surface area contributed by atoms with Gasteiger partial charge in [0.1, 0.15) is 5.75 Å². The summed E-state index contributed by atoms with van der Waals surface area (Å²) in [4.78, 5) is 55.0. The number of phenolic OH excluding ortho intramolecular Hbond substituents is 1. The molecule has 38 heavy (non-hydrogen) atoms. The molecule has 0 radical (unpaired) electrons. The van der Waals surface area contributed by atoms with Crippen molar-refractivity contribution in [3.05, 3.63) is 87.4 Å². The maximum Gasteiger partial charge on any atom is 0.488 e. The van der Waals surface area contributed by atoms with E-state index in [2.05, 4.69) is 15.9 Å². The summed E-state index contributed by atoms with van der Waals surface area (Å²) in [6, 6.07) is 12.6. The predicted octanol–water partition coefficient (Wildman–Crippen LogP) is 2.04. The summed E-state index contributed by atoms with van der Waals surface area (Å²) in [5, 5.41) is 29.9. The highest BCUT2D eigenvalue weighted by atomic mass is 79.9. The zero-order chi connectivity index (χ0) is 26.9. The molecule has 2 amide bonds. The van der Waals surface area contributed by atoms with Gasteiger partial charge in [-0.05, 0) is 58.4 Å². The Kier molecular flexibility index (Phi) is 5.86. The minimum Gasteiger partial charge on any atom is -0.508 e. The standard InChI is InChI=1S/C28H21BBrNO7/c30-20-12-22(33)25-19(26(20)34)11-18-15(23(25)16-6-1-2-7-21(16)32)8-9-17-24(18)28(36)31(27(17)35)14-5-3-4-13(10-14)29(37)38/h1-8,10,12,17-18,23-24,32,37-38H,9,11H2/t17-,18+,23+,24-/m0/s1. The number of ketones is 2. The van der Waals surface area contributed by atoms with E-state index in [1.165, 1.54) is 24.3 Å². The Morgan fingerprint density at radius 2 is 1.71 bits per heavy atom. The Morgan fingerprint density at radius 1 is 0.947 bits per heavy atom. The number of hydrogen-bond acceptors (Lipinski definition) is 7. The molecule has 4 atom stereocenters. The molecule has 1 heterocycles. The monoisotopic (exact) mass is 573 g/mol. The molecule has 10 heteroatoms. The van der Waals surface area contributed by atoms with Crippen LogP contribution in [0.25, 0.3) is 0 Å². The third-order valence-electron chi connectivity index (χ3n) is 8.01. The number of imide groups is 1. The first-order valence-corrected chi connectivity index (χ1v) is 13.0. The minimum atomic E-state index is -1.76. The van der Waals surface area contributed by atoms with Gasteiger partial charge in [-0.2, -0.15) is 0 Å². The highest BCUT2D eigenvalue weighted by Gasteiger charge is 2.56. The Hall–Kier alpha value is -3.60. The van der Waals surface area contributed by atoms with Crippen LogP contribution in [0.4, 0.5) is 5.69 Å². The van der Waals surface area contributed by atoms with E-state index in [1.54, 1.807) is 30.3 Å². The van der Waals surface area contributed by atoms with E-state index in [0.29, 0.717) is 11.1 Å².